The van der Waals surface area contributed by atoms with Crippen molar-refractivity contribution in [1.82, 2.24) is 9.80 Å². The van der Waals surface area contributed by atoms with E-state index in [0.29, 0.717) is 5.69 Å². The average molecular weight is 287 g/mol. The van der Waals surface area contributed by atoms with Crippen molar-refractivity contribution in [2.45, 2.75) is 38.1 Å². The lowest BCUT2D eigenvalue weighted by Crippen LogP contribution is -2.52. The van der Waals surface area contributed by atoms with Gasteiger partial charge in [0.1, 0.15) is 0 Å². The molecule has 1 saturated carbocycles. The third-order valence-corrected chi connectivity index (χ3v) is 4.85. The highest BCUT2D eigenvalue weighted by Gasteiger charge is 2.27. The van der Waals surface area contributed by atoms with Crippen LogP contribution in [-0.2, 0) is 0 Å². The van der Waals surface area contributed by atoms with E-state index in [1.54, 1.807) is 12.1 Å². The van der Waals surface area contributed by atoms with Gasteiger partial charge in [-0.2, -0.15) is 0 Å². The Kier molecular flexibility index (Phi) is 4.44. The number of carbonyl (C=O) groups excluding carboxylic acids is 1. The molecule has 21 heavy (non-hydrogen) atoms. The topological polar surface area (TPSA) is 49.6 Å². The average Bonchev–Trinajstić information content (AvgIpc) is 2.56. The van der Waals surface area contributed by atoms with Crippen LogP contribution in [0.4, 0.5) is 5.69 Å². The zero-order chi connectivity index (χ0) is 14.7. The first-order valence-electron chi connectivity index (χ1n) is 8.13. The maximum Gasteiger partial charge on any atom is 0.253 e. The molecule has 0 radical (unpaired) electrons. The summed E-state index contributed by atoms with van der Waals surface area (Å²) >= 11 is 0. The highest BCUT2D eigenvalue weighted by atomic mass is 16.2. The van der Waals surface area contributed by atoms with Gasteiger partial charge in [-0.25, -0.2) is 0 Å². The quantitative estimate of drug-likeness (QED) is 0.850. The van der Waals surface area contributed by atoms with Gasteiger partial charge in [0.2, 0.25) is 0 Å². The van der Waals surface area contributed by atoms with Crippen molar-refractivity contribution in [2.75, 3.05) is 31.9 Å². The van der Waals surface area contributed by atoms with Crippen LogP contribution in [0.25, 0.3) is 0 Å². The summed E-state index contributed by atoms with van der Waals surface area (Å²) in [5.41, 5.74) is 7.12. The van der Waals surface area contributed by atoms with E-state index in [4.69, 9.17) is 5.73 Å². The first kappa shape index (κ1) is 14.4. The van der Waals surface area contributed by atoms with Gasteiger partial charge in [-0.15, -0.1) is 0 Å². The van der Waals surface area contributed by atoms with Crippen LogP contribution < -0.4 is 5.73 Å². The number of hydrogen-bond donors (Lipinski definition) is 1. The molecule has 1 heterocycles. The number of nitrogens with two attached hydrogens (primary N) is 1. The molecule has 0 aromatic heterocycles. The minimum atomic E-state index is 0.137. The first-order chi connectivity index (χ1) is 10.2. The molecule has 2 fully saturated rings. The highest BCUT2D eigenvalue weighted by molar-refractivity contribution is 5.94. The molecule has 1 aromatic carbocycles. The molecule has 0 unspecified atom stereocenters. The molecule has 0 spiro atoms. The lowest BCUT2D eigenvalue weighted by atomic mass is 9.94. The predicted molar refractivity (Wildman–Crippen MR) is 85.2 cm³/mol. The van der Waals surface area contributed by atoms with Crippen LogP contribution in [0.5, 0.6) is 0 Å². The molecule has 1 aliphatic heterocycles. The van der Waals surface area contributed by atoms with Gasteiger partial charge in [0, 0.05) is 43.5 Å². The Morgan fingerprint density at radius 3 is 2.19 bits per heavy atom. The van der Waals surface area contributed by atoms with Gasteiger partial charge in [0.15, 0.2) is 0 Å². The monoisotopic (exact) mass is 287 g/mol. The molecule has 2 aliphatic rings. The molecule has 4 heteroatoms. The normalized spacial score (nSPS) is 21.4. The van der Waals surface area contributed by atoms with Crippen LogP contribution >= 0.6 is 0 Å². The Morgan fingerprint density at radius 2 is 1.57 bits per heavy atom. The molecular weight excluding hydrogens is 262 g/mol. The molecule has 0 bridgehead atoms. The number of benzene rings is 1. The van der Waals surface area contributed by atoms with Gasteiger partial charge in [-0.1, -0.05) is 19.3 Å². The molecule has 1 aromatic rings. The van der Waals surface area contributed by atoms with Gasteiger partial charge < -0.3 is 10.6 Å². The second-order valence-corrected chi connectivity index (χ2v) is 6.24. The van der Waals surface area contributed by atoms with Crippen molar-refractivity contribution in [3.8, 4) is 0 Å². The molecule has 1 aliphatic carbocycles. The maximum atomic E-state index is 12.5. The summed E-state index contributed by atoms with van der Waals surface area (Å²) in [6.07, 6.45) is 6.81. The van der Waals surface area contributed by atoms with E-state index in [1.165, 1.54) is 32.1 Å². The number of carbonyl (C=O) groups is 1. The van der Waals surface area contributed by atoms with Gasteiger partial charge in [-0.3, -0.25) is 9.69 Å². The molecule has 1 amide bonds. The minimum Gasteiger partial charge on any atom is -0.399 e. The predicted octanol–water partition coefficient (Wildman–Crippen LogP) is 2.36. The Bertz CT molecular complexity index is 471. The fourth-order valence-electron chi connectivity index (χ4n) is 3.54. The van der Waals surface area contributed by atoms with Crippen molar-refractivity contribution in [3.05, 3.63) is 29.8 Å². The molecule has 114 valence electrons. The number of hydrogen-bond acceptors (Lipinski definition) is 3. The highest BCUT2D eigenvalue weighted by Crippen LogP contribution is 2.23. The lowest BCUT2D eigenvalue weighted by Gasteiger charge is -2.40. The summed E-state index contributed by atoms with van der Waals surface area (Å²) in [6, 6.07) is 8.00. The minimum absolute atomic E-state index is 0.137. The number of piperazine rings is 1. The number of nitrogen functional groups attached to an aromatic ring is 1. The summed E-state index contributed by atoms with van der Waals surface area (Å²) in [7, 11) is 0. The van der Waals surface area contributed by atoms with E-state index >= 15 is 0 Å². The standard InChI is InChI=1S/C17H25N3O/c18-15-8-6-14(7-9-15)17(21)20-12-10-19(11-13-20)16-4-2-1-3-5-16/h6-9,16H,1-5,10-13,18H2. The van der Waals surface area contributed by atoms with Crippen molar-refractivity contribution >= 4 is 11.6 Å². The second-order valence-electron chi connectivity index (χ2n) is 6.24. The van der Waals surface area contributed by atoms with Gasteiger partial charge in [0.05, 0.1) is 0 Å². The second kappa shape index (κ2) is 6.48. The summed E-state index contributed by atoms with van der Waals surface area (Å²) in [5, 5.41) is 0. The Hall–Kier alpha value is -1.55. The van der Waals surface area contributed by atoms with E-state index in [0.717, 1.165) is 37.8 Å². The van der Waals surface area contributed by atoms with Gasteiger partial charge in [-0.05, 0) is 37.1 Å². The Balaban J connectivity index is 1.55. The summed E-state index contributed by atoms with van der Waals surface area (Å²) in [6.45, 7) is 3.73. The van der Waals surface area contributed by atoms with Gasteiger partial charge >= 0.3 is 0 Å². The molecule has 3 rings (SSSR count). The molecule has 4 nitrogen and oxygen atoms in total. The number of rotatable bonds is 2. The summed E-state index contributed by atoms with van der Waals surface area (Å²) < 4.78 is 0. The maximum absolute atomic E-state index is 12.5. The van der Waals surface area contributed by atoms with Crippen molar-refractivity contribution in [1.29, 1.82) is 0 Å². The summed E-state index contributed by atoms with van der Waals surface area (Å²) in [4.78, 5) is 17.0. The third-order valence-electron chi connectivity index (χ3n) is 4.85. The number of amides is 1. The number of nitrogens with zero attached hydrogens (tertiary/aromatic N) is 2. The van der Waals surface area contributed by atoms with Crippen molar-refractivity contribution in [3.63, 3.8) is 0 Å². The van der Waals surface area contributed by atoms with Crippen molar-refractivity contribution < 1.29 is 4.79 Å². The largest absolute Gasteiger partial charge is 0.399 e. The Morgan fingerprint density at radius 1 is 0.952 bits per heavy atom. The third kappa shape index (κ3) is 3.38. The fraction of sp³-hybridized carbons (Fsp3) is 0.588. The van der Waals surface area contributed by atoms with Crippen LogP contribution in [0.1, 0.15) is 42.5 Å². The molecule has 1 saturated heterocycles. The van der Waals surface area contributed by atoms with Crippen LogP contribution in [0.15, 0.2) is 24.3 Å². The summed E-state index contributed by atoms with van der Waals surface area (Å²) in [5.74, 6) is 0.137. The van der Waals surface area contributed by atoms with Crippen molar-refractivity contribution in [2.24, 2.45) is 0 Å². The Labute approximate surface area is 126 Å². The molecule has 0 atom stereocenters. The molecule has 2 N–H and O–H groups in total. The zero-order valence-corrected chi connectivity index (χ0v) is 12.6. The van der Waals surface area contributed by atoms with E-state index in [9.17, 15) is 4.79 Å². The van der Waals surface area contributed by atoms with E-state index in [2.05, 4.69) is 4.90 Å². The van der Waals surface area contributed by atoms with Crippen LogP contribution in [0.2, 0.25) is 0 Å². The SMILES string of the molecule is Nc1ccc(C(=O)N2CCN(C3CCCCC3)CC2)cc1. The van der Waals surface area contributed by atoms with Gasteiger partial charge in [0.25, 0.3) is 5.91 Å². The smallest absolute Gasteiger partial charge is 0.253 e. The van der Waals surface area contributed by atoms with Crippen LogP contribution in [0.3, 0.4) is 0 Å². The molecular formula is C17H25N3O. The van der Waals surface area contributed by atoms with Crippen LogP contribution in [-0.4, -0.2) is 47.9 Å². The lowest BCUT2D eigenvalue weighted by molar-refractivity contribution is 0.0523. The van der Waals surface area contributed by atoms with E-state index in [-0.39, 0.29) is 5.91 Å². The zero-order valence-electron chi connectivity index (χ0n) is 12.6. The van der Waals surface area contributed by atoms with Crippen LogP contribution in [0, 0.1) is 0 Å². The fourth-order valence-corrected chi connectivity index (χ4v) is 3.54. The number of anilines is 1. The first-order valence-corrected chi connectivity index (χ1v) is 8.13. The van der Waals surface area contributed by atoms with E-state index in [1.807, 2.05) is 17.0 Å². The van der Waals surface area contributed by atoms with E-state index < -0.39 is 0 Å².